The third-order valence-electron chi connectivity index (χ3n) is 4.88. The average Bonchev–Trinajstić information content (AvgIpc) is 2.58. The average molecular weight is 381 g/mol. The molecule has 0 saturated heterocycles. The predicted molar refractivity (Wildman–Crippen MR) is 107 cm³/mol. The highest BCUT2D eigenvalue weighted by Crippen LogP contribution is 2.34. The van der Waals surface area contributed by atoms with Gasteiger partial charge in [-0.05, 0) is 50.9 Å². The Morgan fingerprint density at radius 1 is 1.15 bits per heavy atom. The Balaban J connectivity index is 2.57. The molecule has 1 N–H and O–H groups in total. The zero-order valence-electron chi connectivity index (χ0n) is 16.1. The van der Waals surface area contributed by atoms with E-state index in [0.29, 0.717) is 5.92 Å². The molecule has 26 heavy (non-hydrogen) atoms. The molecule has 0 radical (unpaired) electrons. The highest BCUT2D eigenvalue weighted by atomic mass is 32.2. The normalized spacial score (nSPS) is 18.5. The molecule has 0 amide bonds. The van der Waals surface area contributed by atoms with Crippen LogP contribution < -0.4 is 0 Å². The number of carboxylic acids is 1. The second-order valence-corrected chi connectivity index (χ2v) is 8.79. The van der Waals surface area contributed by atoms with Gasteiger partial charge in [0.05, 0.1) is 5.92 Å². The fourth-order valence-corrected chi connectivity index (χ4v) is 4.57. The lowest BCUT2D eigenvalue weighted by Crippen LogP contribution is -2.26. The number of hydrogen-bond donors (Lipinski definition) is 1. The largest absolute Gasteiger partial charge is 0.481 e. The Morgan fingerprint density at radius 3 is 2.35 bits per heavy atom. The van der Waals surface area contributed by atoms with E-state index in [1.54, 1.807) is 11.8 Å². The van der Waals surface area contributed by atoms with Gasteiger partial charge in [-0.1, -0.05) is 38.5 Å². The first-order valence-electron chi connectivity index (χ1n) is 9.54. The minimum Gasteiger partial charge on any atom is -0.481 e. The number of Topliss-reactive ketones (excluding diaryl/α,β-unsaturated/α-hetero) is 1. The summed E-state index contributed by atoms with van der Waals surface area (Å²) in [7, 11) is 0. The summed E-state index contributed by atoms with van der Waals surface area (Å²) in [5.41, 5.74) is 0. The van der Waals surface area contributed by atoms with Crippen LogP contribution in [0.1, 0.15) is 65.7 Å². The van der Waals surface area contributed by atoms with Crippen molar-refractivity contribution in [2.45, 2.75) is 71.0 Å². The molecule has 0 aromatic rings. The maximum atomic E-state index is 11.9. The molecular weight excluding hydrogens is 348 g/mol. The highest BCUT2D eigenvalue weighted by molar-refractivity contribution is 8.03. The molecule has 0 aromatic carbocycles. The van der Waals surface area contributed by atoms with E-state index < -0.39 is 11.9 Å². The topological polar surface area (TPSA) is 71.4 Å². The van der Waals surface area contributed by atoms with Crippen LogP contribution in [-0.2, 0) is 14.4 Å². The summed E-state index contributed by atoms with van der Waals surface area (Å²) in [4.78, 5) is 35.2. The lowest BCUT2D eigenvalue weighted by Gasteiger charge is -2.24. The molecule has 4 nitrogen and oxygen atoms in total. The maximum absolute atomic E-state index is 11.9. The summed E-state index contributed by atoms with van der Waals surface area (Å²) < 4.78 is 0. The summed E-state index contributed by atoms with van der Waals surface area (Å²) in [5, 5.41) is 8.81. The first kappa shape index (κ1) is 22.7. The molecule has 1 aliphatic rings. The Bertz CT molecular complexity index is 538. The lowest BCUT2D eigenvalue weighted by atomic mass is 9.90. The van der Waals surface area contributed by atoms with Crippen molar-refractivity contribution in [3.63, 3.8) is 0 Å². The number of carbonyl (C=O) groups is 3. The van der Waals surface area contributed by atoms with Gasteiger partial charge in [0, 0.05) is 16.6 Å². The number of carbonyl (C=O) groups excluding carboxylic acids is 2. The van der Waals surface area contributed by atoms with Crippen LogP contribution in [0.3, 0.4) is 0 Å². The number of ketones is 1. The smallest absolute Gasteiger partial charge is 0.303 e. The van der Waals surface area contributed by atoms with Crippen molar-refractivity contribution in [2.24, 2.45) is 17.8 Å². The van der Waals surface area contributed by atoms with Crippen LogP contribution in [0.5, 0.6) is 0 Å². The van der Waals surface area contributed by atoms with Crippen LogP contribution in [-0.4, -0.2) is 28.4 Å². The molecule has 5 heteroatoms. The van der Waals surface area contributed by atoms with Crippen LogP contribution >= 0.6 is 11.8 Å². The van der Waals surface area contributed by atoms with Crippen molar-refractivity contribution in [3.05, 3.63) is 23.1 Å². The van der Waals surface area contributed by atoms with Gasteiger partial charge in [-0.25, -0.2) is 0 Å². The molecule has 0 fully saturated rings. The van der Waals surface area contributed by atoms with Crippen LogP contribution in [0.4, 0.5) is 0 Å². The molecule has 4 atom stereocenters. The minimum atomic E-state index is -0.745. The molecule has 4 unspecified atom stereocenters. The van der Waals surface area contributed by atoms with Gasteiger partial charge in [0.15, 0.2) is 0 Å². The van der Waals surface area contributed by atoms with Gasteiger partial charge in [-0.15, -0.1) is 11.8 Å². The first-order valence-corrected chi connectivity index (χ1v) is 10.4. The van der Waals surface area contributed by atoms with Gasteiger partial charge in [0.2, 0.25) is 0 Å². The first-order chi connectivity index (χ1) is 12.3. The Labute approximate surface area is 161 Å². The van der Waals surface area contributed by atoms with Crippen LogP contribution in [0.25, 0.3) is 0 Å². The minimum absolute atomic E-state index is 0.0297. The standard InChI is InChI=1S/C21H32O4S/c1-15(9-10-16(2)13-21(24)25)11-12-20(19(14-22)17(3)23)26-18-7-5-4-6-8-18/h5,7-8,14-16,19-20H,4,6,9-13H2,1-3H3,(H,24,25). The zero-order chi connectivity index (χ0) is 19.5. The number of aliphatic carboxylic acids is 1. The monoisotopic (exact) mass is 380 g/mol. The van der Waals surface area contributed by atoms with Crippen LogP contribution in [0.15, 0.2) is 23.1 Å². The number of carboxylic acid groups (broad SMARTS) is 1. The van der Waals surface area contributed by atoms with Gasteiger partial charge in [0.1, 0.15) is 12.1 Å². The zero-order valence-corrected chi connectivity index (χ0v) is 17.0. The summed E-state index contributed by atoms with van der Waals surface area (Å²) in [6, 6.07) is 0. The van der Waals surface area contributed by atoms with Crippen molar-refractivity contribution in [3.8, 4) is 0 Å². The molecule has 0 heterocycles. The summed E-state index contributed by atoms with van der Waals surface area (Å²) in [5.74, 6) is -0.747. The molecule has 0 aromatic heterocycles. The molecule has 0 aliphatic heterocycles. The predicted octanol–water partition coefficient (Wildman–Crippen LogP) is 5.03. The third-order valence-corrected chi connectivity index (χ3v) is 6.29. The summed E-state index contributed by atoms with van der Waals surface area (Å²) >= 11 is 1.65. The van der Waals surface area contributed by atoms with E-state index in [-0.39, 0.29) is 23.4 Å². The number of allylic oxidation sites excluding steroid dienone is 3. The summed E-state index contributed by atoms with van der Waals surface area (Å²) in [6.45, 7) is 5.63. The second-order valence-electron chi connectivity index (χ2n) is 7.48. The molecule has 1 aliphatic carbocycles. The van der Waals surface area contributed by atoms with Crippen molar-refractivity contribution in [2.75, 3.05) is 0 Å². The van der Waals surface area contributed by atoms with Crippen molar-refractivity contribution in [1.29, 1.82) is 0 Å². The Kier molecular flexibility index (Phi) is 10.6. The number of aldehydes is 1. The van der Waals surface area contributed by atoms with E-state index in [1.807, 2.05) is 6.92 Å². The SMILES string of the molecule is CC(=O)C(C=O)C(CCC(C)CCC(C)CC(=O)O)SC1=CCCC=C1. The summed E-state index contributed by atoms with van der Waals surface area (Å²) in [6.07, 6.45) is 13.1. The van der Waals surface area contributed by atoms with E-state index in [4.69, 9.17) is 5.11 Å². The fourth-order valence-electron chi connectivity index (χ4n) is 3.17. The number of thioether (sulfide) groups is 1. The van der Waals surface area contributed by atoms with Gasteiger partial charge in [-0.2, -0.15) is 0 Å². The van der Waals surface area contributed by atoms with Crippen molar-refractivity contribution in [1.82, 2.24) is 0 Å². The quantitative estimate of drug-likeness (QED) is 0.358. The Morgan fingerprint density at radius 2 is 1.81 bits per heavy atom. The maximum Gasteiger partial charge on any atom is 0.303 e. The molecule has 0 bridgehead atoms. The Hall–Kier alpha value is -1.36. The fraction of sp³-hybridized carbons (Fsp3) is 0.667. The molecule has 1 rings (SSSR count). The van der Waals surface area contributed by atoms with Gasteiger partial charge >= 0.3 is 5.97 Å². The van der Waals surface area contributed by atoms with Crippen LogP contribution in [0, 0.1) is 17.8 Å². The second kappa shape index (κ2) is 12.1. The van der Waals surface area contributed by atoms with E-state index in [2.05, 4.69) is 25.2 Å². The molecule has 146 valence electrons. The highest BCUT2D eigenvalue weighted by Gasteiger charge is 2.27. The van der Waals surface area contributed by atoms with Gasteiger partial charge in [-0.3, -0.25) is 9.59 Å². The van der Waals surface area contributed by atoms with Gasteiger partial charge in [0.25, 0.3) is 0 Å². The third kappa shape index (κ3) is 8.84. The van der Waals surface area contributed by atoms with E-state index in [9.17, 15) is 14.4 Å². The number of hydrogen-bond acceptors (Lipinski definition) is 4. The molecule has 0 spiro atoms. The van der Waals surface area contributed by atoms with E-state index in [1.165, 1.54) is 6.92 Å². The van der Waals surface area contributed by atoms with Crippen LogP contribution in [0.2, 0.25) is 0 Å². The molecular formula is C21H32O4S. The number of rotatable bonds is 13. The van der Waals surface area contributed by atoms with Crippen molar-refractivity contribution < 1.29 is 19.5 Å². The van der Waals surface area contributed by atoms with E-state index >= 15 is 0 Å². The lowest BCUT2D eigenvalue weighted by molar-refractivity contribution is -0.138. The molecule has 0 saturated carbocycles. The van der Waals surface area contributed by atoms with E-state index in [0.717, 1.165) is 49.7 Å². The van der Waals surface area contributed by atoms with Gasteiger partial charge < -0.3 is 9.90 Å². The van der Waals surface area contributed by atoms with Crippen molar-refractivity contribution >= 4 is 29.8 Å².